The second kappa shape index (κ2) is 4.64. The Hall–Kier alpha value is -1.06. The highest BCUT2D eigenvalue weighted by atomic mass is 16.6. The third kappa shape index (κ3) is 2.49. The van der Waals surface area contributed by atoms with Crippen LogP contribution >= 0.6 is 0 Å². The molecule has 0 aliphatic carbocycles. The fourth-order valence-corrected chi connectivity index (χ4v) is 2.16. The van der Waals surface area contributed by atoms with Gasteiger partial charge in [0.05, 0.1) is 0 Å². The monoisotopic (exact) mass is 206 g/mol. The lowest BCUT2D eigenvalue weighted by Gasteiger charge is -2.29. The largest absolute Gasteiger partial charge is 0.412 e. The molecule has 0 unspecified atom stereocenters. The smallest absolute Gasteiger partial charge is 0.146 e. The molecule has 0 radical (unpaired) electrons. The molecule has 0 aromatic heterocycles. The average molecular weight is 206 g/mol. The van der Waals surface area contributed by atoms with Crippen molar-refractivity contribution in [2.45, 2.75) is 18.8 Å². The topological polar surface area (TPSA) is 38.5 Å². The number of nitrogens with zero attached hydrogens (tertiary/aromatic N) is 1. The summed E-state index contributed by atoms with van der Waals surface area (Å²) in [5.41, 5.74) is 1.41. The molecule has 1 fully saturated rings. The molecule has 2 N–H and O–H groups in total. The summed E-state index contributed by atoms with van der Waals surface area (Å²) in [5, 5.41) is 0. The fourth-order valence-electron chi connectivity index (χ4n) is 2.16. The number of piperidine rings is 1. The molecule has 0 atom stereocenters. The van der Waals surface area contributed by atoms with Crippen LogP contribution in [0.4, 0.5) is 0 Å². The average Bonchev–Trinajstić information content (AvgIpc) is 2.30. The van der Waals surface area contributed by atoms with Crippen LogP contribution in [0.5, 0.6) is 5.75 Å². The van der Waals surface area contributed by atoms with Crippen LogP contribution in [-0.4, -0.2) is 25.0 Å². The van der Waals surface area contributed by atoms with E-state index >= 15 is 0 Å². The van der Waals surface area contributed by atoms with Crippen molar-refractivity contribution in [1.29, 1.82) is 0 Å². The Labute approximate surface area is 90.8 Å². The van der Waals surface area contributed by atoms with Crippen LogP contribution in [0, 0.1) is 0 Å². The maximum Gasteiger partial charge on any atom is 0.146 e. The molecular weight excluding hydrogens is 188 g/mol. The van der Waals surface area contributed by atoms with Gasteiger partial charge in [-0.25, -0.2) is 0 Å². The summed E-state index contributed by atoms with van der Waals surface area (Å²) < 4.78 is 0. The second-order valence-electron chi connectivity index (χ2n) is 4.26. The molecular formula is C12H18N2O. The van der Waals surface area contributed by atoms with E-state index in [4.69, 9.17) is 5.90 Å². The van der Waals surface area contributed by atoms with Gasteiger partial charge in [0, 0.05) is 0 Å². The summed E-state index contributed by atoms with van der Waals surface area (Å²) in [6.45, 7) is 2.39. The van der Waals surface area contributed by atoms with Crippen LogP contribution in [0.25, 0.3) is 0 Å². The lowest BCUT2D eigenvalue weighted by atomic mass is 9.90. The van der Waals surface area contributed by atoms with E-state index < -0.39 is 0 Å². The molecule has 1 heterocycles. The van der Waals surface area contributed by atoms with E-state index in [2.05, 4.69) is 28.9 Å². The van der Waals surface area contributed by atoms with Gasteiger partial charge in [0.1, 0.15) is 5.75 Å². The van der Waals surface area contributed by atoms with Gasteiger partial charge in [-0.1, -0.05) is 12.1 Å². The minimum atomic E-state index is 0.702. The second-order valence-corrected chi connectivity index (χ2v) is 4.26. The van der Waals surface area contributed by atoms with Gasteiger partial charge in [-0.3, -0.25) is 0 Å². The Morgan fingerprint density at radius 1 is 1.20 bits per heavy atom. The maximum atomic E-state index is 5.09. The van der Waals surface area contributed by atoms with E-state index in [1.54, 1.807) is 0 Å². The predicted molar refractivity (Wildman–Crippen MR) is 60.7 cm³/mol. The van der Waals surface area contributed by atoms with E-state index in [0.717, 1.165) is 5.75 Å². The first-order valence-corrected chi connectivity index (χ1v) is 5.45. The van der Waals surface area contributed by atoms with E-state index in [0.29, 0.717) is 5.92 Å². The van der Waals surface area contributed by atoms with Crippen molar-refractivity contribution in [2.24, 2.45) is 5.90 Å². The first-order valence-electron chi connectivity index (χ1n) is 5.45. The molecule has 0 bridgehead atoms. The zero-order valence-electron chi connectivity index (χ0n) is 9.15. The molecule has 0 spiro atoms. The lowest BCUT2D eigenvalue weighted by molar-refractivity contribution is 0.255. The van der Waals surface area contributed by atoms with E-state index in [1.165, 1.54) is 31.5 Å². The first kappa shape index (κ1) is 10.5. The summed E-state index contributed by atoms with van der Waals surface area (Å²) >= 11 is 0. The highest BCUT2D eigenvalue weighted by Crippen LogP contribution is 2.28. The lowest BCUT2D eigenvalue weighted by Crippen LogP contribution is -2.29. The third-order valence-corrected chi connectivity index (χ3v) is 3.21. The Morgan fingerprint density at radius 2 is 1.80 bits per heavy atom. The van der Waals surface area contributed by atoms with E-state index in [-0.39, 0.29) is 0 Å². The zero-order valence-corrected chi connectivity index (χ0v) is 9.15. The molecule has 1 aromatic carbocycles. The van der Waals surface area contributed by atoms with Crippen LogP contribution in [0.1, 0.15) is 24.3 Å². The van der Waals surface area contributed by atoms with Crippen molar-refractivity contribution in [3.8, 4) is 5.75 Å². The molecule has 82 valence electrons. The maximum absolute atomic E-state index is 5.09. The van der Waals surface area contributed by atoms with Crippen molar-refractivity contribution in [2.75, 3.05) is 20.1 Å². The van der Waals surface area contributed by atoms with Crippen molar-refractivity contribution in [1.82, 2.24) is 4.90 Å². The number of hydrogen-bond donors (Lipinski definition) is 1. The van der Waals surface area contributed by atoms with Gasteiger partial charge >= 0.3 is 0 Å². The molecule has 1 aromatic rings. The van der Waals surface area contributed by atoms with Gasteiger partial charge in [0.2, 0.25) is 0 Å². The Balaban J connectivity index is 2.03. The van der Waals surface area contributed by atoms with Crippen LogP contribution < -0.4 is 10.7 Å². The highest BCUT2D eigenvalue weighted by Gasteiger charge is 2.17. The molecule has 3 heteroatoms. The number of nitrogens with two attached hydrogens (primary N) is 1. The van der Waals surface area contributed by atoms with Crippen molar-refractivity contribution < 1.29 is 4.84 Å². The van der Waals surface area contributed by atoms with Crippen molar-refractivity contribution in [3.63, 3.8) is 0 Å². The van der Waals surface area contributed by atoms with Gasteiger partial charge in [-0.15, -0.1) is 0 Å². The normalized spacial score (nSPS) is 19.1. The van der Waals surface area contributed by atoms with Gasteiger partial charge in [-0.2, -0.15) is 5.90 Å². The fraction of sp³-hybridized carbons (Fsp3) is 0.500. The van der Waals surface area contributed by atoms with Gasteiger partial charge < -0.3 is 9.74 Å². The van der Waals surface area contributed by atoms with Gasteiger partial charge in [0.15, 0.2) is 0 Å². The molecule has 2 rings (SSSR count). The molecule has 0 amide bonds. The van der Waals surface area contributed by atoms with E-state index in [9.17, 15) is 0 Å². The van der Waals surface area contributed by atoms with Gasteiger partial charge in [-0.05, 0) is 56.6 Å². The summed E-state index contributed by atoms with van der Waals surface area (Å²) in [6, 6.07) is 8.12. The molecule has 1 aliphatic rings. The Bertz CT molecular complexity index is 302. The summed E-state index contributed by atoms with van der Waals surface area (Å²) in [5.74, 6) is 6.52. The number of rotatable bonds is 2. The minimum absolute atomic E-state index is 0.702. The molecule has 3 nitrogen and oxygen atoms in total. The third-order valence-electron chi connectivity index (χ3n) is 3.21. The summed E-state index contributed by atoms with van der Waals surface area (Å²) in [7, 11) is 2.18. The predicted octanol–water partition coefficient (Wildman–Crippen LogP) is 1.75. The van der Waals surface area contributed by atoms with Crippen molar-refractivity contribution >= 4 is 0 Å². The quantitative estimate of drug-likeness (QED) is 0.749. The highest BCUT2D eigenvalue weighted by molar-refractivity contribution is 5.29. The molecule has 0 saturated carbocycles. The number of likely N-dealkylation sites (tertiary alicyclic amines) is 1. The molecule has 15 heavy (non-hydrogen) atoms. The van der Waals surface area contributed by atoms with Crippen molar-refractivity contribution in [3.05, 3.63) is 29.8 Å². The summed E-state index contributed by atoms with van der Waals surface area (Å²) in [4.78, 5) is 7.05. The van der Waals surface area contributed by atoms with Gasteiger partial charge in [0.25, 0.3) is 0 Å². The number of benzene rings is 1. The van der Waals surface area contributed by atoms with E-state index in [1.807, 2.05) is 12.1 Å². The van der Waals surface area contributed by atoms with Crippen LogP contribution in [0.3, 0.4) is 0 Å². The summed E-state index contributed by atoms with van der Waals surface area (Å²) in [6.07, 6.45) is 2.50. The SMILES string of the molecule is CN1CCC(c2ccc(ON)cc2)CC1. The van der Waals surface area contributed by atoms with Crippen LogP contribution in [0.15, 0.2) is 24.3 Å². The number of hydrogen-bond acceptors (Lipinski definition) is 3. The van der Waals surface area contributed by atoms with Crippen LogP contribution in [0.2, 0.25) is 0 Å². The Morgan fingerprint density at radius 3 is 2.33 bits per heavy atom. The Kier molecular flexibility index (Phi) is 3.23. The molecule has 1 aliphatic heterocycles. The standard InChI is InChI=1S/C12H18N2O/c1-14-8-6-11(7-9-14)10-2-4-12(15-13)5-3-10/h2-5,11H,6-9,13H2,1H3. The zero-order chi connectivity index (χ0) is 10.7. The molecule has 1 saturated heterocycles. The minimum Gasteiger partial charge on any atom is -0.412 e. The van der Waals surface area contributed by atoms with Crippen LogP contribution in [-0.2, 0) is 0 Å². The first-order chi connectivity index (χ1) is 7.29.